The van der Waals surface area contributed by atoms with Gasteiger partial charge < -0.3 is 0 Å². The van der Waals surface area contributed by atoms with Crippen molar-refractivity contribution in [2.24, 2.45) is 5.41 Å². The molecular formula is C18H28O7Zr. The van der Waals surface area contributed by atoms with Crippen molar-refractivity contribution in [3.05, 3.63) is 36.5 Å². The molecule has 0 rings (SSSR count). The monoisotopic (exact) mass is 446 g/mol. The molecule has 0 heterocycles. The molecule has 0 aromatic rings. The molecule has 8 heteroatoms. The second-order valence-corrected chi connectivity index (χ2v) is 15.6. The average Bonchev–Trinajstić information content (AvgIpc) is 2.49. The van der Waals surface area contributed by atoms with Crippen LogP contribution in [-0.2, 0) is 47.5 Å². The van der Waals surface area contributed by atoms with Crippen LogP contribution >= 0.6 is 0 Å². The number of rotatable bonds is 10. The molecule has 0 N–H and O–H groups in total. The van der Waals surface area contributed by atoms with Gasteiger partial charge in [-0.1, -0.05) is 0 Å². The van der Waals surface area contributed by atoms with Crippen LogP contribution in [0.5, 0.6) is 0 Å². The Labute approximate surface area is 156 Å². The summed E-state index contributed by atoms with van der Waals surface area (Å²) in [5.41, 5.74) is -0.852. The molecule has 0 aliphatic heterocycles. The van der Waals surface area contributed by atoms with Gasteiger partial charge in [0.25, 0.3) is 0 Å². The first-order valence-electron chi connectivity index (χ1n) is 8.05. The van der Waals surface area contributed by atoms with E-state index in [9.17, 15) is 17.2 Å². The van der Waals surface area contributed by atoms with Gasteiger partial charge in [-0.05, 0) is 0 Å². The van der Waals surface area contributed by atoms with E-state index in [0.29, 0.717) is 6.42 Å². The minimum atomic E-state index is -7.34. The second kappa shape index (κ2) is 8.55. The van der Waals surface area contributed by atoms with E-state index >= 15 is 0 Å². The van der Waals surface area contributed by atoms with Crippen molar-refractivity contribution < 1.29 is 47.5 Å². The van der Waals surface area contributed by atoms with E-state index in [0.717, 1.165) is 0 Å². The predicted molar refractivity (Wildman–Crippen MR) is 92.3 cm³/mol. The molecule has 0 atom stereocenters. The van der Waals surface area contributed by atoms with Gasteiger partial charge in [0.05, 0.1) is 0 Å². The van der Waals surface area contributed by atoms with Gasteiger partial charge in [0.1, 0.15) is 0 Å². The third kappa shape index (κ3) is 5.83. The summed E-state index contributed by atoms with van der Waals surface area (Å²) in [5.74, 6) is -1.20. The standard InChI is InChI=1S/C6H14O2.C4H6O2.2C4H5O.O.Zr/c1-6(2,3)4-5-8-7;1-3(2)4(5)6;2*1-4(2)3-5;;/h7H,4-5H2,1-3H3;1H2,2H3,(H,5,6);2*1H2,2H3;;/q;;;;;+2/p-2. The van der Waals surface area contributed by atoms with Gasteiger partial charge in [0, 0.05) is 0 Å². The van der Waals surface area contributed by atoms with E-state index in [1.165, 1.54) is 20.8 Å². The Balaban J connectivity index is 6.18. The average molecular weight is 448 g/mol. The maximum absolute atomic E-state index is 13.8. The molecule has 0 aromatic carbocycles. The summed E-state index contributed by atoms with van der Waals surface area (Å²) in [6.45, 7) is 19.6. The van der Waals surface area contributed by atoms with Crippen LogP contribution in [0.4, 0.5) is 0 Å². The van der Waals surface area contributed by atoms with Crippen LogP contribution in [0.3, 0.4) is 0 Å². The van der Waals surface area contributed by atoms with E-state index in [1.54, 1.807) is 0 Å². The fourth-order valence-electron chi connectivity index (χ4n) is 1.78. The van der Waals surface area contributed by atoms with Gasteiger partial charge in [-0.15, -0.1) is 0 Å². The number of hydrogen-bond acceptors (Lipinski definition) is 7. The Kier molecular flexibility index (Phi) is 8.10. The van der Waals surface area contributed by atoms with Crippen LogP contribution < -0.4 is 0 Å². The van der Waals surface area contributed by atoms with Gasteiger partial charge in [-0.2, -0.15) is 0 Å². The van der Waals surface area contributed by atoms with Gasteiger partial charge in [-0.3, -0.25) is 0 Å². The molecule has 26 heavy (non-hydrogen) atoms. The van der Waals surface area contributed by atoms with E-state index < -0.39 is 32.6 Å². The van der Waals surface area contributed by atoms with Gasteiger partial charge in [0.15, 0.2) is 0 Å². The Morgan fingerprint density at radius 2 is 1.31 bits per heavy atom. The third-order valence-corrected chi connectivity index (χ3v) is 11.7. The molecule has 0 fully saturated rings. The summed E-state index contributed by atoms with van der Waals surface area (Å²) in [7, 11) is 0. The fraction of sp³-hybridized carbons (Fsp3) is 0.500. The molecule has 0 radical (unpaired) electrons. The van der Waals surface area contributed by atoms with Crippen molar-refractivity contribution in [2.45, 2.75) is 48.0 Å². The summed E-state index contributed by atoms with van der Waals surface area (Å²) >= 11 is -7.34. The van der Waals surface area contributed by atoms with E-state index in [-0.39, 0.29) is 28.7 Å². The van der Waals surface area contributed by atoms with Crippen molar-refractivity contribution in [2.75, 3.05) is 6.61 Å². The number of allylic oxidation sites excluding steroid dienone is 2. The summed E-state index contributed by atoms with van der Waals surface area (Å²) < 4.78 is 21.0. The van der Waals surface area contributed by atoms with Crippen LogP contribution in [0.2, 0.25) is 0 Å². The summed E-state index contributed by atoms with van der Waals surface area (Å²) in [4.78, 5) is 42.4. The second-order valence-electron chi connectivity index (χ2n) is 7.59. The number of carbonyl (C=O) groups excluding carboxylic acids is 3. The van der Waals surface area contributed by atoms with E-state index in [1.807, 2.05) is 20.8 Å². The molecule has 7 nitrogen and oxygen atoms in total. The summed E-state index contributed by atoms with van der Waals surface area (Å²) in [6, 6.07) is 0. The van der Waals surface area contributed by atoms with Crippen LogP contribution in [-0.4, -0.2) is 19.6 Å². The first-order chi connectivity index (χ1) is 11.6. The fourth-order valence-corrected chi connectivity index (χ4v) is 8.80. The Hall–Kier alpha value is -1.37. The molecule has 0 saturated carbocycles. The van der Waals surface area contributed by atoms with Crippen molar-refractivity contribution >= 4 is 13.0 Å². The first kappa shape index (κ1) is 24.6. The first-order valence-corrected chi connectivity index (χ1v) is 13.5. The van der Waals surface area contributed by atoms with E-state index in [4.69, 9.17) is 10.7 Å². The van der Waals surface area contributed by atoms with Gasteiger partial charge in [0.2, 0.25) is 0 Å². The molecular weight excluding hydrogens is 419 g/mol. The van der Waals surface area contributed by atoms with Gasteiger partial charge >= 0.3 is 157 Å². The van der Waals surface area contributed by atoms with Crippen LogP contribution in [0.25, 0.3) is 0 Å². The van der Waals surface area contributed by atoms with Crippen LogP contribution in [0.15, 0.2) is 36.5 Å². The molecule has 0 amide bonds. The molecule has 0 saturated heterocycles. The molecule has 0 spiro atoms. The quantitative estimate of drug-likeness (QED) is 0.219. The zero-order valence-corrected chi connectivity index (χ0v) is 18.9. The topological polar surface area (TPSA) is 96.0 Å². The zero-order valence-electron chi connectivity index (χ0n) is 16.4. The third-order valence-electron chi connectivity index (χ3n) is 3.33. The minimum absolute atomic E-state index is 0.0763. The van der Waals surface area contributed by atoms with Crippen molar-refractivity contribution in [3.63, 3.8) is 0 Å². The number of carbonyl (C=O) groups is 3. The molecule has 0 unspecified atom stereocenters. The summed E-state index contributed by atoms with van der Waals surface area (Å²) in [5, 5.41) is 0. The van der Waals surface area contributed by atoms with Crippen molar-refractivity contribution in [3.8, 4) is 0 Å². The summed E-state index contributed by atoms with van der Waals surface area (Å²) in [6.07, 6.45) is 0.467. The zero-order chi connectivity index (χ0) is 20.9. The Morgan fingerprint density at radius 3 is 1.62 bits per heavy atom. The van der Waals surface area contributed by atoms with E-state index in [2.05, 4.69) is 19.7 Å². The maximum atomic E-state index is 13.8. The number of hydrogen-bond donors (Lipinski definition) is 0. The Bertz CT molecular complexity index is 692. The van der Waals surface area contributed by atoms with Gasteiger partial charge in [-0.25, -0.2) is 0 Å². The SMILES string of the molecule is C=C(C)C(=O)[O][Zr](=[O])([O]OCCC(C)(C)C)([C](=O)C(=C)C)[C](=O)C(=C)C. The van der Waals surface area contributed by atoms with Crippen molar-refractivity contribution in [1.29, 1.82) is 0 Å². The molecule has 0 aromatic heterocycles. The van der Waals surface area contributed by atoms with Crippen LogP contribution in [0, 0.1) is 5.41 Å². The predicted octanol–water partition coefficient (Wildman–Crippen LogP) is 3.56. The Morgan fingerprint density at radius 1 is 0.885 bits per heavy atom. The normalized spacial score (nSPS) is 12.3. The molecule has 0 aliphatic carbocycles. The molecule has 0 bridgehead atoms. The van der Waals surface area contributed by atoms with Crippen molar-refractivity contribution in [1.82, 2.24) is 0 Å². The molecule has 146 valence electrons. The molecule has 0 aliphatic rings. The van der Waals surface area contributed by atoms with Crippen LogP contribution in [0.1, 0.15) is 48.0 Å².